The summed E-state index contributed by atoms with van der Waals surface area (Å²) in [5.41, 5.74) is 0. The van der Waals surface area contributed by atoms with Crippen LogP contribution in [-0.2, 0) is 10.0 Å². The summed E-state index contributed by atoms with van der Waals surface area (Å²) in [6.45, 7) is 0. The third kappa shape index (κ3) is 3.06. The minimum atomic E-state index is -3.76. The highest BCUT2D eigenvalue weighted by atomic mass is 35.5. The molecular formula is C9H6Cl2N4O2S. The fraction of sp³-hybridized carbons (Fsp3) is 0. The van der Waals surface area contributed by atoms with E-state index in [2.05, 4.69) is 19.9 Å². The number of nitrogens with zero attached hydrogens (tertiary/aromatic N) is 3. The van der Waals surface area contributed by atoms with Crippen molar-refractivity contribution in [2.45, 2.75) is 4.90 Å². The number of hydrogen-bond donors (Lipinski definition) is 1. The van der Waals surface area contributed by atoms with Crippen molar-refractivity contribution in [2.75, 3.05) is 4.72 Å². The Morgan fingerprint density at radius 2 is 1.72 bits per heavy atom. The van der Waals surface area contributed by atoms with Crippen LogP contribution >= 0.6 is 23.2 Å². The van der Waals surface area contributed by atoms with Crippen LogP contribution < -0.4 is 4.72 Å². The monoisotopic (exact) mass is 304 g/mol. The molecule has 2 heterocycles. The molecule has 18 heavy (non-hydrogen) atoms. The average Bonchev–Trinajstić information content (AvgIpc) is 2.32. The van der Waals surface area contributed by atoms with Crippen LogP contribution in [0.2, 0.25) is 10.3 Å². The highest BCUT2D eigenvalue weighted by Gasteiger charge is 2.15. The summed E-state index contributed by atoms with van der Waals surface area (Å²) in [4.78, 5) is 3.67. The van der Waals surface area contributed by atoms with Crippen LogP contribution in [0.1, 0.15) is 0 Å². The van der Waals surface area contributed by atoms with E-state index in [9.17, 15) is 8.42 Å². The van der Waals surface area contributed by atoms with Crippen molar-refractivity contribution in [1.82, 2.24) is 15.2 Å². The Bertz CT molecular complexity index is 643. The molecule has 0 radical (unpaired) electrons. The molecule has 0 fully saturated rings. The molecule has 9 heteroatoms. The van der Waals surface area contributed by atoms with Crippen molar-refractivity contribution in [1.29, 1.82) is 0 Å². The zero-order valence-corrected chi connectivity index (χ0v) is 11.0. The second kappa shape index (κ2) is 5.05. The van der Waals surface area contributed by atoms with Gasteiger partial charge in [-0.2, -0.15) is 0 Å². The topological polar surface area (TPSA) is 84.8 Å². The van der Waals surface area contributed by atoms with E-state index in [1.54, 1.807) is 0 Å². The summed E-state index contributed by atoms with van der Waals surface area (Å²) < 4.78 is 26.0. The number of rotatable bonds is 3. The number of sulfonamides is 1. The first-order valence-corrected chi connectivity index (χ1v) is 6.85. The van der Waals surface area contributed by atoms with Crippen LogP contribution in [0.4, 0.5) is 5.82 Å². The van der Waals surface area contributed by atoms with Gasteiger partial charge < -0.3 is 0 Å². The van der Waals surface area contributed by atoms with E-state index in [1.807, 2.05) is 0 Å². The van der Waals surface area contributed by atoms with Gasteiger partial charge in [0.2, 0.25) is 0 Å². The van der Waals surface area contributed by atoms with E-state index >= 15 is 0 Å². The van der Waals surface area contributed by atoms with Gasteiger partial charge in [-0.1, -0.05) is 23.2 Å². The zero-order valence-electron chi connectivity index (χ0n) is 8.71. The first kappa shape index (κ1) is 13.0. The molecule has 0 aliphatic rings. The molecule has 0 unspecified atom stereocenters. The lowest BCUT2D eigenvalue weighted by Crippen LogP contribution is -2.14. The van der Waals surface area contributed by atoms with Crippen molar-refractivity contribution < 1.29 is 8.42 Å². The highest BCUT2D eigenvalue weighted by molar-refractivity contribution is 7.92. The van der Waals surface area contributed by atoms with E-state index in [4.69, 9.17) is 23.2 Å². The van der Waals surface area contributed by atoms with E-state index in [-0.39, 0.29) is 21.0 Å². The fourth-order valence-corrected chi connectivity index (χ4v) is 2.24. The van der Waals surface area contributed by atoms with Gasteiger partial charge in [-0.3, -0.25) is 4.72 Å². The van der Waals surface area contributed by atoms with Crippen molar-refractivity contribution in [3.63, 3.8) is 0 Å². The maximum atomic E-state index is 11.9. The normalized spacial score (nSPS) is 11.2. The molecule has 0 aliphatic carbocycles. The first-order chi connectivity index (χ1) is 8.47. The van der Waals surface area contributed by atoms with Crippen molar-refractivity contribution in [3.8, 4) is 0 Å². The van der Waals surface area contributed by atoms with Crippen molar-refractivity contribution in [2.24, 2.45) is 0 Å². The molecule has 2 rings (SSSR count). The summed E-state index contributed by atoms with van der Waals surface area (Å²) in [6, 6.07) is 5.54. The molecule has 0 spiro atoms. The predicted octanol–water partition coefficient (Wildman–Crippen LogP) is 1.98. The quantitative estimate of drug-likeness (QED) is 0.876. The number of aromatic nitrogens is 3. The lowest BCUT2D eigenvalue weighted by atomic mass is 10.5. The largest absolute Gasteiger partial charge is 0.264 e. The summed E-state index contributed by atoms with van der Waals surface area (Å²) in [6.07, 6.45) is 1.15. The van der Waals surface area contributed by atoms with Gasteiger partial charge in [0, 0.05) is 6.20 Å². The molecule has 1 N–H and O–H groups in total. The molecule has 94 valence electrons. The Labute approximate surface area is 113 Å². The van der Waals surface area contributed by atoms with Crippen LogP contribution in [0.15, 0.2) is 35.4 Å². The van der Waals surface area contributed by atoms with E-state index in [0.29, 0.717) is 0 Å². The Hall–Kier alpha value is -1.44. The molecule has 0 aliphatic heterocycles. The zero-order chi connectivity index (χ0) is 13.2. The second-order valence-electron chi connectivity index (χ2n) is 3.16. The fourth-order valence-electron chi connectivity index (χ4n) is 1.09. The third-order valence-corrected chi connectivity index (χ3v) is 3.65. The predicted molar refractivity (Wildman–Crippen MR) is 67.1 cm³/mol. The molecular weight excluding hydrogens is 299 g/mol. The Balaban J connectivity index is 2.27. The van der Waals surface area contributed by atoms with E-state index < -0.39 is 10.0 Å². The number of hydrogen-bond acceptors (Lipinski definition) is 5. The van der Waals surface area contributed by atoms with Gasteiger partial charge in [0.15, 0.2) is 11.0 Å². The second-order valence-corrected chi connectivity index (χ2v) is 5.62. The molecule has 2 aromatic rings. The van der Waals surface area contributed by atoms with Crippen LogP contribution in [0.3, 0.4) is 0 Å². The molecule has 0 saturated carbocycles. The number of halogens is 2. The van der Waals surface area contributed by atoms with Gasteiger partial charge in [0.25, 0.3) is 10.0 Å². The minimum Gasteiger partial charge on any atom is -0.262 e. The number of pyridine rings is 1. The molecule has 0 bridgehead atoms. The summed E-state index contributed by atoms with van der Waals surface area (Å²) in [7, 11) is -3.76. The first-order valence-electron chi connectivity index (χ1n) is 4.61. The minimum absolute atomic E-state index is 0.0244. The number of nitrogens with one attached hydrogen (secondary N) is 1. The molecule has 0 amide bonds. The summed E-state index contributed by atoms with van der Waals surface area (Å²) in [5, 5.41) is 7.49. The lowest BCUT2D eigenvalue weighted by Gasteiger charge is -2.06. The average molecular weight is 305 g/mol. The van der Waals surface area contributed by atoms with Gasteiger partial charge in [-0.05, 0) is 24.3 Å². The van der Waals surface area contributed by atoms with Crippen LogP contribution in [-0.4, -0.2) is 23.6 Å². The Morgan fingerprint density at radius 3 is 2.28 bits per heavy atom. The highest BCUT2D eigenvalue weighted by Crippen LogP contribution is 2.15. The van der Waals surface area contributed by atoms with Gasteiger partial charge in [-0.25, -0.2) is 13.4 Å². The van der Waals surface area contributed by atoms with Crippen LogP contribution in [0.25, 0.3) is 0 Å². The number of anilines is 1. The SMILES string of the molecule is O=S(=O)(Nc1ccc(Cl)nn1)c1ccc(Cl)nc1. The summed E-state index contributed by atoms with van der Waals surface area (Å²) in [5.74, 6) is 0.0642. The van der Waals surface area contributed by atoms with Gasteiger partial charge >= 0.3 is 0 Å². The van der Waals surface area contributed by atoms with E-state index in [1.165, 1.54) is 24.3 Å². The molecule has 0 atom stereocenters. The lowest BCUT2D eigenvalue weighted by molar-refractivity contribution is 0.600. The maximum absolute atomic E-state index is 11.9. The van der Waals surface area contributed by atoms with Crippen LogP contribution in [0.5, 0.6) is 0 Å². The van der Waals surface area contributed by atoms with Crippen molar-refractivity contribution in [3.05, 3.63) is 40.8 Å². The molecule has 0 saturated heterocycles. The maximum Gasteiger partial charge on any atom is 0.264 e. The van der Waals surface area contributed by atoms with Crippen molar-refractivity contribution >= 4 is 39.0 Å². The standard InChI is InChI=1S/C9H6Cl2N4O2S/c10-7-2-1-6(5-12-7)18(16,17)15-9-4-3-8(11)13-14-9/h1-5H,(H,14,15). The molecule has 6 nitrogen and oxygen atoms in total. The van der Waals surface area contributed by atoms with Crippen LogP contribution in [0, 0.1) is 0 Å². The van der Waals surface area contributed by atoms with E-state index in [0.717, 1.165) is 6.20 Å². The van der Waals surface area contributed by atoms with Gasteiger partial charge in [0.05, 0.1) is 0 Å². The Morgan fingerprint density at radius 1 is 1.00 bits per heavy atom. The summed E-state index contributed by atoms with van der Waals surface area (Å²) >= 11 is 11.1. The molecule has 0 aromatic carbocycles. The van der Waals surface area contributed by atoms with Gasteiger partial charge in [-0.15, -0.1) is 10.2 Å². The smallest absolute Gasteiger partial charge is 0.262 e. The Kier molecular flexibility index (Phi) is 3.65. The molecule has 2 aromatic heterocycles. The van der Waals surface area contributed by atoms with Gasteiger partial charge in [0.1, 0.15) is 10.0 Å². The third-order valence-electron chi connectivity index (χ3n) is 1.88.